The first-order valence-electron chi connectivity index (χ1n) is 7.78. The number of rotatable bonds is 3. The molecule has 0 saturated heterocycles. The zero-order valence-corrected chi connectivity index (χ0v) is 13.1. The lowest BCUT2D eigenvalue weighted by molar-refractivity contribution is -0.116. The Morgan fingerprint density at radius 1 is 1.14 bits per heavy atom. The first-order chi connectivity index (χ1) is 10.6. The fraction of sp³-hybridized carbons (Fsp3) is 0.316. The van der Waals surface area contributed by atoms with Gasteiger partial charge in [-0.15, -0.1) is 0 Å². The van der Waals surface area contributed by atoms with Gasteiger partial charge < -0.3 is 11.1 Å². The van der Waals surface area contributed by atoms with E-state index >= 15 is 0 Å². The summed E-state index contributed by atoms with van der Waals surface area (Å²) in [7, 11) is 0. The number of hydrogen-bond acceptors (Lipinski definition) is 2. The second-order valence-corrected chi connectivity index (χ2v) is 6.09. The Hall–Kier alpha value is -2.13. The topological polar surface area (TPSA) is 55.1 Å². The van der Waals surface area contributed by atoms with Crippen LogP contribution in [0.15, 0.2) is 36.4 Å². The predicted molar refractivity (Wildman–Crippen MR) is 89.9 cm³/mol. The number of carbonyl (C=O) groups is 1. The Balaban J connectivity index is 1.94. The summed E-state index contributed by atoms with van der Waals surface area (Å²) in [5, 5.41) is 3.01. The van der Waals surface area contributed by atoms with Gasteiger partial charge in [0.15, 0.2) is 0 Å². The van der Waals surface area contributed by atoms with Crippen molar-refractivity contribution in [2.24, 2.45) is 5.73 Å². The average molecular weight is 294 g/mol. The molecule has 0 spiro atoms. The SMILES string of the molecule is Cc1c(C(N)Cc2ccccc2)cc2c(c1C)NC(=O)CC2. The monoisotopic (exact) mass is 294 g/mol. The molecule has 0 aliphatic carbocycles. The van der Waals surface area contributed by atoms with Crippen LogP contribution in [-0.4, -0.2) is 5.91 Å². The van der Waals surface area contributed by atoms with Crippen molar-refractivity contribution in [3.05, 3.63) is 64.2 Å². The molecule has 1 atom stereocenters. The fourth-order valence-corrected chi connectivity index (χ4v) is 3.20. The highest BCUT2D eigenvalue weighted by molar-refractivity contribution is 5.95. The quantitative estimate of drug-likeness (QED) is 0.911. The van der Waals surface area contributed by atoms with Crippen molar-refractivity contribution in [2.45, 2.75) is 39.2 Å². The molecule has 1 amide bonds. The molecule has 3 heteroatoms. The summed E-state index contributed by atoms with van der Waals surface area (Å²) in [6.07, 6.45) is 2.18. The van der Waals surface area contributed by atoms with Gasteiger partial charge in [-0.25, -0.2) is 0 Å². The Bertz CT molecular complexity index is 707. The number of carbonyl (C=O) groups excluding carboxylic acids is 1. The molecule has 2 aromatic carbocycles. The number of amides is 1. The summed E-state index contributed by atoms with van der Waals surface area (Å²) in [4.78, 5) is 11.6. The lowest BCUT2D eigenvalue weighted by Crippen LogP contribution is -2.22. The van der Waals surface area contributed by atoms with Gasteiger partial charge in [0.25, 0.3) is 0 Å². The van der Waals surface area contributed by atoms with Crippen LogP contribution in [0.1, 0.15) is 40.3 Å². The van der Waals surface area contributed by atoms with Gasteiger partial charge in [-0.3, -0.25) is 4.79 Å². The average Bonchev–Trinajstić information content (AvgIpc) is 2.52. The molecule has 0 saturated carbocycles. The molecule has 0 aromatic heterocycles. The molecule has 3 N–H and O–H groups in total. The first kappa shape index (κ1) is 14.8. The van der Waals surface area contributed by atoms with E-state index < -0.39 is 0 Å². The van der Waals surface area contributed by atoms with Crippen molar-refractivity contribution < 1.29 is 4.79 Å². The highest BCUT2D eigenvalue weighted by atomic mass is 16.1. The molecule has 1 aliphatic rings. The lowest BCUT2D eigenvalue weighted by Gasteiger charge is -2.25. The number of fused-ring (bicyclic) bond motifs is 1. The Labute approximate surface area is 131 Å². The smallest absolute Gasteiger partial charge is 0.224 e. The van der Waals surface area contributed by atoms with Crippen LogP contribution in [0.4, 0.5) is 5.69 Å². The van der Waals surface area contributed by atoms with Crippen LogP contribution in [0.3, 0.4) is 0 Å². The molecule has 1 aliphatic heterocycles. The molecule has 1 heterocycles. The normalized spacial score (nSPS) is 15.1. The first-order valence-corrected chi connectivity index (χ1v) is 7.78. The molecule has 0 radical (unpaired) electrons. The van der Waals surface area contributed by atoms with Crippen LogP contribution >= 0.6 is 0 Å². The molecule has 22 heavy (non-hydrogen) atoms. The van der Waals surface area contributed by atoms with Gasteiger partial charge in [0.1, 0.15) is 0 Å². The molecule has 2 aromatic rings. The minimum atomic E-state index is -0.0240. The third-order valence-corrected chi connectivity index (χ3v) is 4.61. The van der Waals surface area contributed by atoms with Crippen LogP contribution in [-0.2, 0) is 17.6 Å². The van der Waals surface area contributed by atoms with Gasteiger partial charge in [-0.1, -0.05) is 36.4 Å². The predicted octanol–water partition coefficient (Wildman–Crippen LogP) is 3.43. The van der Waals surface area contributed by atoms with E-state index in [1.807, 2.05) is 18.2 Å². The van der Waals surface area contributed by atoms with E-state index in [0.29, 0.717) is 6.42 Å². The molecule has 114 valence electrons. The second-order valence-electron chi connectivity index (χ2n) is 6.09. The van der Waals surface area contributed by atoms with Crippen LogP contribution < -0.4 is 11.1 Å². The molecular formula is C19H22N2O. The van der Waals surface area contributed by atoms with E-state index in [1.165, 1.54) is 22.3 Å². The highest BCUT2D eigenvalue weighted by Crippen LogP contribution is 2.33. The Morgan fingerprint density at radius 2 is 1.86 bits per heavy atom. The van der Waals surface area contributed by atoms with E-state index in [-0.39, 0.29) is 11.9 Å². The summed E-state index contributed by atoms with van der Waals surface area (Å²) < 4.78 is 0. The molecular weight excluding hydrogens is 272 g/mol. The van der Waals surface area contributed by atoms with Crippen molar-refractivity contribution in [3.8, 4) is 0 Å². The van der Waals surface area contributed by atoms with Crippen molar-refractivity contribution in [2.75, 3.05) is 5.32 Å². The van der Waals surface area contributed by atoms with Crippen LogP contribution in [0.2, 0.25) is 0 Å². The van der Waals surface area contributed by atoms with Crippen LogP contribution in [0.5, 0.6) is 0 Å². The van der Waals surface area contributed by atoms with E-state index in [4.69, 9.17) is 5.73 Å². The van der Waals surface area contributed by atoms with E-state index in [9.17, 15) is 4.79 Å². The van der Waals surface area contributed by atoms with Gasteiger partial charge in [-0.05, 0) is 54.5 Å². The summed E-state index contributed by atoms with van der Waals surface area (Å²) in [5.74, 6) is 0.108. The maximum Gasteiger partial charge on any atom is 0.224 e. The van der Waals surface area contributed by atoms with E-state index in [0.717, 1.165) is 24.1 Å². The van der Waals surface area contributed by atoms with Crippen molar-refractivity contribution in [1.29, 1.82) is 0 Å². The number of benzene rings is 2. The molecule has 0 bridgehead atoms. The Morgan fingerprint density at radius 3 is 2.59 bits per heavy atom. The van der Waals surface area contributed by atoms with Crippen LogP contribution in [0, 0.1) is 13.8 Å². The van der Waals surface area contributed by atoms with Crippen molar-refractivity contribution in [3.63, 3.8) is 0 Å². The minimum absolute atomic E-state index is 0.0240. The summed E-state index contributed by atoms with van der Waals surface area (Å²) in [6, 6.07) is 12.5. The fourth-order valence-electron chi connectivity index (χ4n) is 3.20. The summed E-state index contributed by atoms with van der Waals surface area (Å²) >= 11 is 0. The van der Waals surface area contributed by atoms with Gasteiger partial charge >= 0.3 is 0 Å². The van der Waals surface area contributed by atoms with E-state index in [1.54, 1.807) is 0 Å². The maximum atomic E-state index is 11.6. The molecule has 3 rings (SSSR count). The van der Waals surface area contributed by atoms with Crippen molar-refractivity contribution in [1.82, 2.24) is 0 Å². The zero-order valence-electron chi connectivity index (χ0n) is 13.1. The lowest BCUT2D eigenvalue weighted by atomic mass is 9.88. The number of hydrogen-bond donors (Lipinski definition) is 2. The zero-order chi connectivity index (χ0) is 15.7. The largest absolute Gasteiger partial charge is 0.326 e. The van der Waals surface area contributed by atoms with Gasteiger partial charge in [0.2, 0.25) is 5.91 Å². The third kappa shape index (κ3) is 2.77. The number of aryl methyl sites for hydroxylation is 1. The minimum Gasteiger partial charge on any atom is -0.326 e. The third-order valence-electron chi connectivity index (χ3n) is 4.61. The number of nitrogens with one attached hydrogen (secondary N) is 1. The van der Waals surface area contributed by atoms with Crippen molar-refractivity contribution >= 4 is 11.6 Å². The standard InChI is InChI=1S/C19H22N2O/c1-12-13(2)19-15(8-9-18(22)21-19)11-16(12)17(20)10-14-6-4-3-5-7-14/h3-7,11,17H,8-10,20H2,1-2H3,(H,21,22). The molecule has 3 nitrogen and oxygen atoms in total. The molecule has 0 fully saturated rings. The van der Waals surface area contributed by atoms with E-state index in [2.05, 4.69) is 37.4 Å². The van der Waals surface area contributed by atoms with Gasteiger partial charge in [0.05, 0.1) is 0 Å². The maximum absolute atomic E-state index is 11.6. The molecule has 1 unspecified atom stereocenters. The summed E-state index contributed by atoms with van der Waals surface area (Å²) in [6.45, 7) is 4.16. The highest BCUT2D eigenvalue weighted by Gasteiger charge is 2.21. The van der Waals surface area contributed by atoms with Gasteiger partial charge in [-0.2, -0.15) is 0 Å². The number of anilines is 1. The van der Waals surface area contributed by atoms with Gasteiger partial charge in [0, 0.05) is 18.2 Å². The second kappa shape index (κ2) is 5.93. The Kier molecular flexibility index (Phi) is 3.99. The van der Waals surface area contributed by atoms with Crippen LogP contribution in [0.25, 0.3) is 0 Å². The number of nitrogens with two attached hydrogens (primary N) is 1. The summed E-state index contributed by atoms with van der Waals surface area (Å²) in [5.41, 5.74) is 13.4.